The highest BCUT2D eigenvalue weighted by atomic mass is 32.1. The Hall–Kier alpha value is -3.53. The average Bonchev–Trinajstić information content (AvgIpc) is 3.08. The monoisotopic (exact) mass is 427 g/mol. The SMILES string of the molecule is COc1cccc(-c2ccc(=O)n(CC(=O)Nc3nc(C)c(C(=O)N(C)C)s3)n2)c1. The molecule has 3 aromatic rings. The molecule has 0 unspecified atom stereocenters. The van der Waals surface area contributed by atoms with Crippen LogP contribution >= 0.6 is 11.3 Å². The van der Waals surface area contributed by atoms with Gasteiger partial charge in [-0.2, -0.15) is 5.10 Å². The van der Waals surface area contributed by atoms with E-state index in [4.69, 9.17) is 4.74 Å². The van der Waals surface area contributed by atoms with Crippen molar-refractivity contribution in [2.45, 2.75) is 13.5 Å². The van der Waals surface area contributed by atoms with E-state index in [0.717, 1.165) is 21.6 Å². The summed E-state index contributed by atoms with van der Waals surface area (Å²) in [5, 5.41) is 7.20. The number of anilines is 1. The maximum atomic E-state index is 12.4. The Morgan fingerprint density at radius 2 is 2.00 bits per heavy atom. The highest BCUT2D eigenvalue weighted by Crippen LogP contribution is 2.24. The van der Waals surface area contributed by atoms with Gasteiger partial charge in [0, 0.05) is 25.7 Å². The lowest BCUT2D eigenvalue weighted by molar-refractivity contribution is -0.117. The molecule has 0 spiro atoms. The summed E-state index contributed by atoms with van der Waals surface area (Å²) in [4.78, 5) is 42.9. The molecule has 2 heterocycles. The minimum absolute atomic E-state index is 0.186. The Kier molecular flexibility index (Phi) is 6.26. The molecule has 0 atom stereocenters. The van der Waals surface area contributed by atoms with Crippen LogP contribution < -0.4 is 15.6 Å². The number of hydrogen-bond donors (Lipinski definition) is 1. The van der Waals surface area contributed by atoms with Gasteiger partial charge in [0.2, 0.25) is 5.91 Å². The number of carbonyl (C=O) groups is 2. The number of methoxy groups -OCH3 is 1. The van der Waals surface area contributed by atoms with Crippen LogP contribution in [-0.2, 0) is 11.3 Å². The molecule has 1 aromatic carbocycles. The summed E-state index contributed by atoms with van der Waals surface area (Å²) in [7, 11) is 4.86. The average molecular weight is 427 g/mol. The predicted octanol–water partition coefficient (Wildman–Crippen LogP) is 2.02. The van der Waals surface area contributed by atoms with Crippen LogP contribution in [0.2, 0.25) is 0 Å². The molecule has 0 aliphatic heterocycles. The van der Waals surface area contributed by atoms with Crippen LogP contribution in [0.5, 0.6) is 5.75 Å². The van der Waals surface area contributed by atoms with Crippen molar-refractivity contribution in [2.75, 3.05) is 26.5 Å². The summed E-state index contributed by atoms with van der Waals surface area (Å²) in [6, 6.07) is 10.2. The maximum Gasteiger partial charge on any atom is 0.267 e. The number of aromatic nitrogens is 3. The lowest BCUT2D eigenvalue weighted by atomic mass is 10.1. The van der Waals surface area contributed by atoms with Gasteiger partial charge in [0.05, 0.1) is 18.5 Å². The van der Waals surface area contributed by atoms with Gasteiger partial charge in [0.15, 0.2) is 5.13 Å². The second-order valence-electron chi connectivity index (χ2n) is 6.63. The zero-order valence-corrected chi connectivity index (χ0v) is 17.8. The fraction of sp³-hybridized carbons (Fsp3) is 0.250. The zero-order chi connectivity index (χ0) is 21.8. The highest BCUT2D eigenvalue weighted by molar-refractivity contribution is 7.17. The first kappa shape index (κ1) is 21.2. The van der Waals surface area contributed by atoms with Crippen molar-refractivity contribution in [1.29, 1.82) is 0 Å². The Labute approximate surface area is 176 Å². The fourth-order valence-electron chi connectivity index (χ4n) is 2.64. The molecule has 2 aromatic heterocycles. The molecule has 3 rings (SSSR count). The lowest BCUT2D eigenvalue weighted by Crippen LogP contribution is -2.29. The van der Waals surface area contributed by atoms with Crippen LogP contribution in [0.1, 0.15) is 15.4 Å². The molecule has 0 fully saturated rings. The molecule has 30 heavy (non-hydrogen) atoms. The molecule has 0 radical (unpaired) electrons. The van der Waals surface area contributed by atoms with Crippen LogP contribution in [0.4, 0.5) is 5.13 Å². The molecule has 0 saturated heterocycles. The van der Waals surface area contributed by atoms with E-state index in [1.165, 1.54) is 11.0 Å². The van der Waals surface area contributed by atoms with Crippen LogP contribution in [0, 0.1) is 6.92 Å². The second kappa shape index (κ2) is 8.87. The van der Waals surface area contributed by atoms with E-state index in [1.54, 1.807) is 46.3 Å². The first-order chi connectivity index (χ1) is 14.3. The number of ether oxygens (including phenoxy) is 1. The van der Waals surface area contributed by atoms with E-state index in [1.807, 2.05) is 12.1 Å². The standard InChI is InChI=1S/C20H21N5O4S/c1-12-18(19(28)24(2)3)30-20(21-12)22-16(26)11-25-17(27)9-8-15(23-25)13-6-5-7-14(10-13)29-4/h5-10H,11H2,1-4H3,(H,21,22,26). The number of amides is 2. The van der Waals surface area contributed by atoms with Gasteiger partial charge in [0.1, 0.15) is 17.2 Å². The summed E-state index contributed by atoms with van der Waals surface area (Å²) in [5.74, 6) is 0.00591. The summed E-state index contributed by atoms with van der Waals surface area (Å²) in [5.41, 5.74) is 1.41. The van der Waals surface area contributed by atoms with Crippen LogP contribution in [0.15, 0.2) is 41.2 Å². The minimum atomic E-state index is -0.468. The van der Waals surface area contributed by atoms with Gasteiger partial charge in [0.25, 0.3) is 11.5 Å². The Balaban J connectivity index is 1.78. The van der Waals surface area contributed by atoms with Crippen LogP contribution in [0.3, 0.4) is 0 Å². The number of rotatable bonds is 6. The van der Waals surface area contributed by atoms with E-state index in [-0.39, 0.29) is 12.5 Å². The van der Waals surface area contributed by atoms with Gasteiger partial charge in [-0.1, -0.05) is 23.5 Å². The lowest BCUT2D eigenvalue weighted by Gasteiger charge is -2.08. The largest absolute Gasteiger partial charge is 0.497 e. The van der Waals surface area contributed by atoms with E-state index in [9.17, 15) is 14.4 Å². The normalized spacial score (nSPS) is 10.5. The number of benzene rings is 1. The third-order valence-electron chi connectivity index (χ3n) is 4.17. The third-order valence-corrected chi connectivity index (χ3v) is 5.23. The first-order valence-corrected chi connectivity index (χ1v) is 9.81. The molecule has 2 amide bonds. The molecule has 0 aliphatic carbocycles. The van der Waals surface area contributed by atoms with Gasteiger partial charge in [-0.05, 0) is 25.1 Å². The number of nitrogens with zero attached hydrogens (tertiary/aromatic N) is 4. The van der Waals surface area contributed by atoms with Crippen molar-refractivity contribution in [2.24, 2.45) is 0 Å². The maximum absolute atomic E-state index is 12.4. The summed E-state index contributed by atoms with van der Waals surface area (Å²) >= 11 is 1.09. The van der Waals surface area contributed by atoms with E-state index in [0.29, 0.717) is 27.1 Å². The molecular formula is C20H21N5O4S. The van der Waals surface area contributed by atoms with Crippen molar-refractivity contribution in [1.82, 2.24) is 19.7 Å². The number of aryl methyl sites for hydroxylation is 1. The van der Waals surface area contributed by atoms with Gasteiger partial charge in [-0.15, -0.1) is 0 Å². The smallest absolute Gasteiger partial charge is 0.267 e. The van der Waals surface area contributed by atoms with Crippen molar-refractivity contribution in [3.05, 3.63) is 57.3 Å². The van der Waals surface area contributed by atoms with Gasteiger partial charge < -0.3 is 15.0 Å². The first-order valence-electron chi connectivity index (χ1n) is 9.00. The molecule has 1 N–H and O–H groups in total. The van der Waals surface area contributed by atoms with Gasteiger partial charge in [-0.25, -0.2) is 9.67 Å². The quantitative estimate of drug-likeness (QED) is 0.645. The highest BCUT2D eigenvalue weighted by Gasteiger charge is 2.18. The summed E-state index contributed by atoms with van der Waals surface area (Å²) in [6.07, 6.45) is 0. The Morgan fingerprint density at radius 3 is 2.70 bits per heavy atom. The molecule has 0 aliphatic rings. The van der Waals surface area contributed by atoms with E-state index >= 15 is 0 Å². The van der Waals surface area contributed by atoms with Crippen molar-refractivity contribution < 1.29 is 14.3 Å². The number of carbonyl (C=O) groups excluding carboxylic acids is 2. The number of nitrogens with one attached hydrogen (secondary N) is 1. The van der Waals surface area contributed by atoms with E-state index in [2.05, 4.69) is 15.4 Å². The summed E-state index contributed by atoms with van der Waals surface area (Å²) < 4.78 is 6.29. The minimum Gasteiger partial charge on any atom is -0.497 e. The molecule has 10 heteroatoms. The molecule has 0 bridgehead atoms. The molecule has 156 valence electrons. The van der Waals surface area contributed by atoms with Gasteiger partial charge >= 0.3 is 0 Å². The van der Waals surface area contributed by atoms with Crippen LogP contribution in [-0.4, -0.2) is 52.7 Å². The zero-order valence-electron chi connectivity index (χ0n) is 17.0. The number of hydrogen-bond acceptors (Lipinski definition) is 7. The molecule has 0 saturated carbocycles. The fourth-order valence-corrected chi connectivity index (χ4v) is 3.65. The second-order valence-corrected chi connectivity index (χ2v) is 7.63. The van der Waals surface area contributed by atoms with Crippen molar-refractivity contribution in [3.8, 4) is 17.0 Å². The Bertz CT molecular complexity index is 1150. The predicted molar refractivity (Wildman–Crippen MR) is 114 cm³/mol. The van der Waals surface area contributed by atoms with E-state index < -0.39 is 11.5 Å². The topological polar surface area (TPSA) is 106 Å². The molecule has 9 nitrogen and oxygen atoms in total. The van der Waals surface area contributed by atoms with Crippen LogP contribution in [0.25, 0.3) is 11.3 Å². The third kappa shape index (κ3) is 4.71. The van der Waals surface area contributed by atoms with Gasteiger partial charge in [-0.3, -0.25) is 14.4 Å². The summed E-state index contributed by atoms with van der Waals surface area (Å²) in [6.45, 7) is 1.42. The van der Waals surface area contributed by atoms with Crippen molar-refractivity contribution >= 4 is 28.3 Å². The number of thiazole rings is 1. The molecular weight excluding hydrogens is 406 g/mol. The van der Waals surface area contributed by atoms with Crippen molar-refractivity contribution in [3.63, 3.8) is 0 Å². The Morgan fingerprint density at radius 1 is 1.23 bits per heavy atom.